The second-order valence-corrected chi connectivity index (χ2v) is 6.45. The zero-order chi connectivity index (χ0) is 18.0. The van der Waals surface area contributed by atoms with Crippen molar-refractivity contribution in [2.45, 2.75) is 0 Å². The van der Waals surface area contributed by atoms with Crippen LogP contribution in [0.15, 0.2) is 63.5 Å². The van der Waals surface area contributed by atoms with E-state index in [-0.39, 0.29) is 16.3 Å². The molecule has 0 aliphatic heterocycles. The van der Waals surface area contributed by atoms with Gasteiger partial charge in [-0.2, -0.15) is 0 Å². The summed E-state index contributed by atoms with van der Waals surface area (Å²) in [6.07, 6.45) is 0. The predicted octanol–water partition coefficient (Wildman–Crippen LogP) is 5.31. The van der Waals surface area contributed by atoms with Crippen LogP contribution in [0, 0.1) is 0 Å². The number of hydrogen-bond donors (Lipinski definition) is 2. The van der Waals surface area contributed by atoms with Crippen molar-refractivity contribution < 1.29 is 19.1 Å². The maximum absolute atomic E-state index is 12.3. The van der Waals surface area contributed by atoms with Gasteiger partial charge in [-0.15, -0.1) is 0 Å². The number of carboxylic acid groups (broad SMARTS) is 1. The highest BCUT2D eigenvalue weighted by Crippen LogP contribution is 2.25. The molecule has 7 heteroatoms. The summed E-state index contributed by atoms with van der Waals surface area (Å²) in [6.45, 7) is 0. The van der Waals surface area contributed by atoms with Crippen LogP contribution in [0.25, 0.3) is 11.3 Å². The number of carbonyl (C=O) groups is 2. The molecule has 2 N–H and O–H groups in total. The average Bonchev–Trinajstić information content (AvgIpc) is 3.05. The second-order valence-electron chi connectivity index (χ2n) is 5.12. The lowest BCUT2D eigenvalue weighted by atomic mass is 10.2. The van der Waals surface area contributed by atoms with Crippen LogP contribution >= 0.6 is 27.5 Å². The molecule has 2 aromatic carbocycles. The van der Waals surface area contributed by atoms with E-state index in [0.29, 0.717) is 11.4 Å². The summed E-state index contributed by atoms with van der Waals surface area (Å²) in [5, 5.41) is 11.6. The lowest BCUT2D eigenvalue weighted by Crippen LogP contribution is -2.11. The van der Waals surface area contributed by atoms with Gasteiger partial charge in [0.1, 0.15) is 5.76 Å². The van der Waals surface area contributed by atoms with Crippen LogP contribution in [0.1, 0.15) is 20.9 Å². The lowest BCUT2D eigenvalue weighted by Gasteiger charge is -2.05. The van der Waals surface area contributed by atoms with E-state index in [1.165, 1.54) is 18.2 Å². The SMILES string of the molecule is O=C(Nc1ccc(C(=O)O)c(Cl)c1)c1ccc(-c2ccc(Br)cc2)o1. The topological polar surface area (TPSA) is 79.5 Å². The number of nitrogens with one attached hydrogen (secondary N) is 1. The smallest absolute Gasteiger partial charge is 0.337 e. The molecule has 3 aromatic rings. The highest BCUT2D eigenvalue weighted by atomic mass is 79.9. The summed E-state index contributed by atoms with van der Waals surface area (Å²) in [7, 11) is 0. The third-order valence-corrected chi connectivity index (χ3v) is 4.26. The van der Waals surface area contributed by atoms with Gasteiger partial charge in [0.15, 0.2) is 5.76 Å². The van der Waals surface area contributed by atoms with Crippen molar-refractivity contribution in [1.29, 1.82) is 0 Å². The molecule has 3 rings (SSSR count). The maximum atomic E-state index is 12.3. The molecule has 0 atom stereocenters. The first kappa shape index (κ1) is 17.3. The Labute approximate surface area is 156 Å². The average molecular weight is 421 g/mol. The standard InChI is InChI=1S/C18H11BrClNO4/c19-11-3-1-10(2-4-11)15-7-8-16(25-15)17(22)21-12-5-6-13(18(23)24)14(20)9-12/h1-9H,(H,21,22)(H,23,24). The molecule has 0 unspecified atom stereocenters. The Bertz CT molecular complexity index is 950. The van der Waals surface area contributed by atoms with Crippen LogP contribution in [0.2, 0.25) is 5.02 Å². The van der Waals surface area contributed by atoms with Crippen LogP contribution < -0.4 is 5.32 Å². The fourth-order valence-electron chi connectivity index (χ4n) is 2.19. The van der Waals surface area contributed by atoms with Crippen molar-refractivity contribution in [3.05, 3.63) is 75.4 Å². The number of benzene rings is 2. The maximum Gasteiger partial charge on any atom is 0.337 e. The van der Waals surface area contributed by atoms with E-state index in [1.54, 1.807) is 12.1 Å². The molecule has 1 heterocycles. The van der Waals surface area contributed by atoms with Crippen LogP contribution in [0.5, 0.6) is 0 Å². The van der Waals surface area contributed by atoms with Crippen LogP contribution in [0.4, 0.5) is 5.69 Å². The summed E-state index contributed by atoms with van der Waals surface area (Å²) in [4.78, 5) is 23.2. The molecule has 0 bridgehead atoms. The van der Waals surface area contributed by atoms with E-state index >= 15 is 0 Å². The summed E-state index contributed by atoms with van der Waals surface area (Å²) < 4.78 is 6.53. The Hall–Kier alpha value is -2.57. The van der Waals surface area contributed by atoms with Gasteiger partial charge in [0.05, 0.1) is 10.6 Å². The highest BCUT2D eigenvalue weighted by molar-refractivity contribution is 9.10. The molecule has 0 aliphatic carbocycles. The first-order chi connectivity index (χ1) is 11.9. The molecule has 0 saturated heterocycles. The fourth-order valence-corrected chi connectivity index (χ4v) is 2.71. The molecule has 0 radical (unpaired) electrons. The summed E-state index contributed by atoms with van der Waals surface area (Å²) >= 11 is 9.25. The number of aromatic carboxylic acids is 1. The molecule has 25 heavy (non-hydrogen) atoms. The van der Waals surface area contributed by atoms with Crippen LogP contribution in [0.3, 0.4) is 0 Å². The van der Waals surface area contributed by atoms with E-state index in [0.717, 1.165) is 10.0 Å². The Morgan fingerprint density at radius 1 is 1.04 bits per heavy atom. The molecule has 5 nitrogen and oxygen atoms in total. The first-order valence-electron chi connectivity index (χ1n) is 7.14. The number of halogens is 2. The van der Waals surface area contributed by atoms with Gasteiger partial charge in [-0.3, -0.25) is 4.79 Å². The summed E-state index contributed by atoms with van der Waals surface area (Å²) in [5.74, 6) is -0.885. The minimum atomic E-state index is -1.13. The number of carbonyl (C=O) groups excluding carboxylic acids is 1. The van der Waals surface area contributed by atoms with Gasteiger partial charge in [-0.25, -0.2) is 4.79 Å². The minimum Gasteiger partial charge on any atom is -0.478 e. The first-order valence-corrected chi connectivity index (χ1v) is 8.31. The molecule has 1 aromatic heterocycles. The van der Waals surface area contributed by atoms with Gasteiger partial charge in [0, 0.05) is 15.7 Å². The monoisotopic (exact) mass is 419 g/mol. The number of carboxylic acids is 1. The van der Waals surface area contributed by atoms with Crippen LogP contribution in [-0.4, -0.2) is 17.0 Å². The number of rotatable bonds is 4. The largest absolute Gasteiger partial charge is 0.478 e. The van der Waals surface area contributed by atoms with E-state index < -0.39 is 11.9 Å². The van der Waals surface area contributed by atoms with Gasteiger partial charge in [0.25, 0.3) is 5.91 Å². The molecule has 0 aliphatic rings. The van der Waals surface area contributed by atoms with Gasteiger partial charge >= 0.3 is 5.97 Å². The Kier molecular flexibility index (Phi) is 4.92. The molecular formula is C18H11BrClNO4. The van der Waals surface area contributed by atoms with Crippen molar-refractivity contribution in [3.63, 3.8) is 0 Å². The van der Waals surface area contributed by atoms with Crippen molar-refractivity contribution in [2.24, 2.45) is 0 Å². The van der Waals surface area contributed by atoms with E-state index in [9.17, 15) is 9.59 Å². The molecule has 0 fully saturated rings. The highest BCUT2D eigenvalue weighted by Gasteiger charge is 2.14. The summed E-state index contributed by atoms with van der Waals surface area (Å²) in [5.41, 5.74) is 1.19. The molecule has 0 saturated carbocycles. The number of hydrogen-bond acceptors (Lipinski definition) is 3. The third-order valence-electron chi connectivity index (χ3n) is 3.42. The number of furan rings is 1. The van der Waals surface area contributed by atoms with Crippen molar-refractivity contribution >= 4 is 45.1 Å². The minimum absolute atomic E-state index is 0.0322. The predicted molar refractivity (Wildman–Crippen MR) is 98.2 cm³/mol. The zero-order valence-electron chi connectivity index (χ0n) is 12.6. The molecular weight excluding hydrogens is 410 g/mol. The Morgan fingerprint density at radius 3 is 2.40 bits per heavy atom. The number of anilines is 1. The van der Waals surface area contributed by atoms with E-state index in [4.69, 9.17) is 21.1 Å². The van der Waals surface area contributed by atoms with Crippen molar-refractivity contribution in [2.75, 3.05) is 5.32 Å². The molecule has 126 valence electrons. The quantitative estimate of drug-likeness (QED) is 0.599. The van der Waals surface area contributed by atoms with E-state index in [1.807, 2.05) is 24.3 Å². The molecule has 1 amide bonds. The Balaban J connectivity index is 1.77. The van der Waals surface area contributed by atoms with Gasteiger partial charge in [-0.1, -0.05) is 39.7 Å². The van der Waals surface area contributed by atoms with E-state index in [2.05, 4.69) is 21.2 Å². The second kappa shape index (κ2) is 7.13. The summed E-state index contributed by atoms with van der Waals surface area (Å²) in [6, 6.07) is 14.9. The van der Waals surface area contributed by atoms with Crippen LogP contribution in [-0.2, 0) is 0 Å². The third kappa shape index (κ3) is 3.92. The van der Waals surface area contributed by atoms with Gasteiger partial charge in [-0.05, 0) is 42.5 Å². The van der Waals surface area contributed by atoms with Gasteiger partial charge in [0.2, 0.25) is 0 Å². The lowest BCUT2D eigenvalue weighted by molar-refractivity contribution is 0.0697. The molecule has 0 spiro atoms. The van der Waals surface area contributed by atoms with Crippen molar-refractivity contribution in [3.8, 4) is 11.3 Å². The Morgan fingerprint density at radius 2 is 1.76 bits per heavy atom. The fraction of sp³-hybridized carbons (Fsp3) is 0. The van der Waals surface area contributed by atoms with Gasteiger partial charge < -0.3 is 14.8 Å². The number of amides is 1. The normalized spacial score (nSPS) is 10.5. The van der Waals surface area contributed by atoms with Crippen molar-refractivity contribution in [1.82, 2.24) is 0 Å². The zero-order valence-corrected chi connectivity index (χ0v) is 15.0.